The molecule has 0 aromatic carbocycles. The Kier molecular flexibility index (Phi) is 5.44. The van der Waals surface area contributed by atoms with Gasteiger partial charge in [0.1, 0.15) is 0 Å². The van der Waals surface area contributed by atoms with Crippen molar-refractivity contribution in [3.05, 3.63) is 20.8 Å². The molecule has 1 rings (SSSR count). The molecule has 0 amide bonds. The van der Waals surface area contributed by atoms with E-state index in [0.717, 1.165) is 15.8 Å². The van der Waals surface area contributed by atoms with Gasteiger partial charge in [0, 0.05) is 14.7 Å². The maximum atomic E-state index is 11.7. The highest BCUT2D eigenvalue weighted by atomic mass is 79.9. The van der Waals surface area contributed by atoms with Crippen LogP contribution in [0.3, 0.4) is 0 Å². The Hall–Kier alpha value is -0.390. The number of carbonyl (C=O) groups is 1. The molecule has 2 unspecified atom stereocenters. The average Bonchev–Trinajstić information content (AvgIpc) is 2.71. The molecule has 0 aliphatic rings. The summed E-state index contributed by atoms with van der Waals surface area (Å²) in [6.07, 6.45) is 0.758. The fraction of sp³-hybridized carbons (Fsp3) is 0.545. The lowest BCUT2D eigenvalue weighted by Crippen LogP contribution is -2.30. The number of thiophene rings is 1. The highest BCUT2D eigenvalue weighted by Crippen LogP contribution is 2.32. The number of hydrogen-bond acceptors (Lipinski definition) is 4. The van der Waals surface area contributed by atoms with Crippen LogP contribution >= 0.6 is 27.3 Å². The molecule has 5 heteroatoms. The minimum atomic E-state index is -0.161. The number of carbonyl (C=O) groups excluding carboxylic acids is 1. The van der Waals surface area contributed by atoms with Crippen LogP contribution in [0.25, 0.3) is 0 Å². The number of halogens is 1. The first kappa shape index (κ1) is 13.7. The SMILES string of the molecule is CCC(C(=O)OC)C(NC)c1cc(Br)cs1. The Morgan fingerprint density at radius 3 is 2.75 bits per heavy atom. The van der Waals surface area contributed by atoms with Crippen molar-refractivity contribution in [2.24, 2.45) is 5.92 Å². The zero-order valence-electron chi connectivity index (χ0n) is 9.62. The number of nitrogens with one attached hydrogen (secondary N) is 1. The first-order chi connectivity index (χ1) is 7.63. The van der Waals surface area contributed by atoms with Crippen molar-refractivity contribution in [3.8, 4) is 0 Å². The highest BCUT2D eigenvalue weighted by molar-refractivity contribution is 9.10. The average molecular weight is 306 g/mol. The minimum Gasteiger partial charge on any atom is -0.469 e. The zero-order chi connectivity index (χ0) is 12.1. The zero-order valence-corrected chi connectivity index (χ0v) is 12.0. The molecule has 90 valence electrons. The Labute approximate surface area is 108 Å². The second-order valence-electron chi connectivity index (χ2n) is 3.47. The fourth-order valence-electron chi connectivity index (χ4n) is 1.72. The molecule has 0 bridgehead atoms. The van der Waals surface area contributed by atoms with E-state index >= 15 is 0 Å². The maximum absolute atomic E-state index is 11.7. The van der Waals surface area contributed by atoms with Gasteiger partial charge in [0.25, 0.3) is 0 Å². The number of esters is 1. The standard InChI is InChI=1S/C11H16BrNO2S/c1-4-8(11(14)15-3)10(13-2)9-5-7(12)6-16-9/h5-6,8,10,13H,4H2,1-3H3. The maximum Gasteiger partial charge on any atom is 0.310 e. The Morgan fingerprint density at radius 1 is 1.69 bits per heavy atom. The van der Waals surface area contributed by atoms with Crippen molar-refractivity contribution in [1.29, 1.82) is 0 Å². The molecule has 2 atom stereocenters. The van der Waals surface area contributed by atoms with Gasteiger partial charge in [-0.2, -0.15) is 0 Å². The van der Waals surface area contributed by atoms with E-state index in [2.05, 4.69) is 21.2 Å². The van der Waals surface area contributed by atoms with Gasteiger partial charge in [-0.05, 0) is 35.5 Å². The van der Waals surface area contributed by atoms with Crippen LogP contribution in [-0.4, -0.2) is 20.1 Å². The van der Waals surface area contributed by atoms with E-state index in [1.165, 1.54) is 7.11 Å². The van der Waals surface area contributed by atoms with E-state index in [1.54, 1.807) is 11.3 Å². The molecule has 0 spiro atoms. The summed E-state index contributed by atoms with van der Waals surface area (Å²) in [4.78, 5) is 12.8. The van der Waals surface area contributed by atoms with Gasteiger partial charge < -0.3 is 10.1 Å². The van der Waals surface area contributed by atoms with Crippen LogP contribution in [0.1, 0.15) is 24.3 Å². The molecule has 1 aromatic heterocycles. The lowest BCUT2D eigenvalue weighted by atomic mass is 9.96. The highest BCUT2D eigenvalue weighted by Gasteiger charge is 2.28. The molecule has 1 N–H and O–H groups in total. The van der Waals surface area contributed by atoms with Crippen molar-refractivity contribution >= 4 is 33.2 Å². The second kappa shape index (κ2) is 6.37. The largest absolute Gasteiger partial charge is 0.469 e. The summed E-state index contributed by atoms with van der Waals surface area (Å²) in [7, 11) is 3.30. The van der Waals surface area contributed by atoms with Gasteiger partial charge in [0.05, 0.1) is 19.1 Å². The molecule has 0 saturated heterocycles. The summed E-state index contributed by atoms with van der Waals surface area (Å²) in [6, 6.07) is 2.06. The van der Waals surface area contributed by atoms with Crippen molar-refractivity contribution in [3.63, 3.8) is 0 Å². The van der Waals surface area contributed by atoms with Gasteiger partial charge in [-0.3, -0.25) is 4.79 Å². The van der Waals surface area contributed by atoms with E-state index in [0.29, 0.717) is 0 Å². The van der Waals surface area contributed by atoms with Crippen molar-refractivity contribution in [2.45, 2.75) is 19.4 Å². The predicted octanol–water partition coefficient (Wildman–Crippen LogP) is 2.97. The summed E-state index contributed by atoms with van der Waals surface area (Å²) in [6.45, 7) is 1.99. The molecule has 1 aromatic rings. The lowest BCUT2D eigenvalue weighted by Gasteiger charge is -2.22. The van der Waals surface area contributed by atoms with Gasteiger partial charge in [-0.25, -0.2) is 0 Å². The summed E-state index contributed by atoms with van der Waals surface area (Å²) in [5.41, 5.74) is 0. The van der Waals surface area contributed by atoms with Crippen molar-refractivity contribution in [2.75, 3.05) is 14.2 Å². The summed E-state index contributed by atoms with van der Waals surface area (Å²) >= 11 is 5.06. The molecule has 0 saturated carbocycles. The summed E-state index contributed by atoms with van der Waals surface area (Å²) in [5.74, 6) is -0.299. The van der Waals surface area contributed by atoms with Crippen LogP contribution in [-0.2, 0) is 9.53 Å². The van der Waals surface area contributed by atoms with Crippen LogP contribution in [0, 0.1) is 5.92 Å². The smallest absolute Gasteiger partial charge is 0.310 e. The first-order valence-corrected chi connectivity index (χ1v) is 6.80. The van der Waals surface area contributed by atoms with Crippen molar-refractivity contribution < 1.29 is 9.53 Å². The van der Waals surface area contributed by atoms with Crippen LogP contribution in [0.4, 0.5) is 0 Å². The number of ether oxygens (including phenoxy) is 1. The third-order valence-electron chi connectivity index (χ3n) is 2.55. The number of hydrogen-bond donors (Lipinski definition) is 1. The van der Waals surface area contributed by atoms with Crippen LogP contribution in [0.15, 0.2) is 15.9 Å². The molecule has 16 heavy (non-hydrogen) atoms. The molecule has 3 nitrogen and oxygen atoms in total. The third kappa shape index (κ3) is 3.06. The van der Waals surface area contributed by atoms with Crippen LogP contribution < -0.4 is 5.32 Å². The molecule has 0 radical (unpaired) electrons. The van der Waals surface area contributed by atoms with Crippen LogP contribution in [0.2, 0.25) is 0 Å². The van der Waals surface area contributed by atoms with E-state index in [1.807, 2.05) is 25.4 Å². The predicted molar refractivity (Wildman–Crippen MR) is 69.6 cm³/mol. The molecule has 0 aliphatic carbocycles. The molecule has 0 fully saturated rings. The third-order valence-corrected chi connectivity index (χ3v) is 4.33. The van der Waals surface area contributed by atoms with Gasteiger partial charge in [-0.15, -0.1) is 11.3 Å². The van der Waals surface area contributed by atoms with Gasteiger partial charge >= 0.3 is 5.97 Å². The van der Waals surface area contributed by atoms with E-state index in [4.69, 9.17) is 4.74 Å². The molecular formula is C11H16BrNO2S. The van der Waals surface area contributed by atoms with E-state index in [-0.39, 0.29) is 17.9 Å². The summed E-state index contributed by atoms with van der Waals surface area (Å²) in [5, 5.41) is 5.20. The first-order valence-electron chi connectivity index (χ1n) is 5.13. The molecule has 1 heterocycles. The van der Waals surface area contributed by atoms with Gasteiger partial charge in [-0.1, -0.05) is 6.92 Å². The fourth-order valence-corrected chi connectivity index (χ4v) is 3.34. The number of rotatable bonds is 5. The van der Waals surface area contributed by atoms with Gasteiger partial charge in [0.2, 0.25) is 0 Å². The van der Waals surface area contributed by atoms with Gasteiger partial charge in [0.15, 0.2) is 0 Å². The second-order valence-corrected chi connectivity index (χ2v) is 5.33. The quantitative estimate of drug-likeness (QED) is 0.850. The Morgan fingerprint density at radius 2 is 2.38 bits per heavy atom. The summed E-state index contributed by atoms with van der Waals surface area (Å²) < 4.78 is 5.88. The molecule has 0 aliphatic heterocycles. The molecular weight excluding hydrogens is 290 g/mol. The normalized spacial score (nSPS) is 14.5. The Bertz CT molecular complexity index is 354. The Balaban J connectivity index is 2.91. The number of methoxy groups -OCH3 is 1. The minimum absolute atomic E-state index is 0.0220. The topological polar surface area (TPSA) is 38.3 Å². The lowest BCUT2D eigenvalue weighted by molar-refractivity contribution is -0.146. The monoisotopic (exact) mass is 305 g/mol. The van der Waals surface area contributed by atoms with Crippen molar-refractivity contribution in [1.82, 2.24) is 5.32 Å². The van der Waals surface area contributed by atoms with E-state index < -0.39 is 0 Å². The van der Waals surface area contributed by atoms with E-state index in [9.17, 15) is 4.79 Å². The van der Waals surface area contributed by atoms with Crippen LogP contribution in [0.5, 0.6) is 0 Å².